The number of para-hydroxylation sites is 2. The lowest BCUT2D eigenvalue weighted by atomic mass is 10.2. The number of hydrogen-bond acceptors (Lipinski definition) is 7. The third-order valence-electron chi connectivity index (χ3n) is 4.02. The number of fused-ring (bicyclic) bond motifs is 1. The van der Waals surface area contributed by atoms with Crippen molar-refractivity contribution in [3.63, 3.8) is 0 Å². The number of aliphatic hydroxyl groups excluding tert-OH is 1. The van der Waals surface area contributed by atoms with E-state index in [0.717, 1.165) is 23.9 Å². The predicted octanol–water partition coefficient (Wildman–Crippen LogP) is 2.86. The molecular weight excluding hydrogens is 338 g/mol. The summed E-state index contributed by atoms with van der Waals surface area (Å²) in [6.45, 7) is 1.81. The molecule has 2 aromatic heterocycles. The van der Waals surface area contributed by atoms with E-state index in [4.69, 9.17) is 0 Å². The summed E-state index contributed by atoms with van der Waals surface area (Å²) in [6, 6.07) is 9.89. The zero-order chi connectivity index (χ0) is 17.4. The number of H-pyrrole nitrogens is 1. The van der Waals surface area contributed by atoms with Crippen molar-refractivity contribution in [2.45, 2.75) is 36.2 Å². The molecule has 0 radical (unpaired) electrons. The van der Waals surface area contributed by atoms with Crippen LogP contribution in [0.1, 0.15) is 31.6 Å². The summed E-state index contributed by atoms with van der Waals surface area (Å²) in [6.07, 6.45) is 2.13. The molecule has 0 spiro atoms. The van der Waals surface area contributed by atoms with E-state index in [2.05, 4.69) is 31.6 Å². The van der Waals surface area contributed by atoms with Crippen molar-refractivity contribution in [1.29, 1.82) is 5.26 Å². The number of nitrogens with one attached hydrogen (secondary N) is 1. The molecule has 0 aliphatic heterocycles. The Hall–Kier alpha value is -2.86. The molecule has 1 aliphatic rings. The first-order valence-electron chi connectivity index (χ1n) is 7.90. The van der Waals surface area contributed by atoms with Gasteiger partial charge in [-0.2, -0.15) is 5.26 Å². The van der Waals surface area contributed by atoms with E-state index in [-0.39, 0.29) is 16.6 Å². The summed E-state index contributed by atoms with van der Waals surface area (Å²) in [5.41, 5.74) is 1.69. The van der Waals surface area contributed by atoms with Gasteiger partial charge in [-0.3, -0.25) is 0 Å². The maximum Gasteiger partial charge on any atom is 0.210 e. The van der Waals surface area contributed by atoms with Crippen molar-refractivity contribution in [2.24, 2.45) is 0 Å². The molecule has 1 atom stereocenters. The van der Waals surface area contributed by atoms with E-state index in [1.54, 1.807) is 4.68 Å². The third-order valence-corrected chi connectivity index (χ3v) is 5.07. The summed E-state index contributed by atoms with van der Waals surface area (Å²) < 4.78 is 1.78. The van der Waals surface area contributed by atoms with Crippen molar-refractivity contribution < 1.29 is 5.11 Å². The molecule has 1 aromatic carbocycles. The Kier molecular flexibility index (Phi) is 3.89. The highest BCUT2D eigenvalue weighted by Gasteiger charge is 2.29. The topological polar surface area (TPSA) is 116 Å². The van der Waals surface area contributed by atoms with Crippen LogP contribution in [0.5, 0.6) is 0 Å². The zero-order valence-corrected chi connectivity index (χ0v) is 14.2. The third kappa shape index (κ3) is 2.96. The quantitative estimate of drug-likeness (QED) is 0.411. The van der Waals surface area contributed by atoms with Crippen LogP contribution < -0.4 is 0 Å². The summed E-state index contributed by atoms with van der Waals surface area (Å²) in [7, 11) is 0. The molecule has 2 heterocycles. The Morgan fingerprint density at radius 3 is 2.96 bits per heavy atom. The van der Waals surface area contributed by atoms with Crippen LogP contribution in [0.4, 0.5) is 0 Å². The number of benzene rings is 1. The summed E-state index contributed by atoms with van der Waals surface area (Å²) in [5.74, 6) is 0.312. The Morgan fingerprint density at radius 2 is 2.24 bits per heavy atom. The number of imidazole rings is 1. The van der Waals surface area contributed by atoms with Crippen LogP contribution in [-0.2, 0) is 0 Å². The number of nitriles is 1. The van der Waals surface area contributed by atoms with Gasteiger partial charge in [0.05, 0.1) is 22.3 Å². The lowest BCUT2D eigenvalue weighted by molar-refractivity contribution is 0.401. The lowest BCUT2D eigenvalue weighted by Crippen LogP contribution is -2.07. The fourth-order valence-corrected chi connectivity index (χ4v) is 3.45. The molecular formula is C16H15N7OS. The highest BCUT2D eigenvalue weighted by atomic mass is 32.2. The smallest absolute Gasteiger partial charge is 0.210 e. The van der Waals surface area contributed by atoms with Crippen molar-refractivity contribution in [3.05, 3.63) is 35.8 Å². The first kappa shape index (κ1) is 15.7. The van der Waals surface area contributed by atoms with E-state index < -0.39 is 0 Å². The zero-order valence-electron chi connectivity index (χ0n) is 13.4. The van der Waals surface area contributed by atoms with E-state index in [1.165, 1.54) is 11.8 Å². The molecule has 1 saturated carbocycles. The molecule has 0 saturated heterocycles. The molecule has 0 amide bonds. The fraction of sp³-hybridized carbons (Fsp3) is 0.312. The SMILES string of the molecule is C[C@H](Sc1nnnn1C1CC1)C(O)=C(C#N)c1nc2ccccc2[nH]1. The molecule has 8 nitrogen and oxygen atoms in total. The van der Waals surface area contributed by atoms with Crippen LogP contribution in [0.15, 0.2) is 35.2 Å². The number of nitrogens with zero attached hydrogens (tertiary/aromatic N) is 6. The highest BCUT2D eigenvalue weighted by molar-refractivity contribution is 7.99. The molecule has 2 N–H and O–H groups in total. The van der Waals surface area contributed by atoms with E-state index in [0.29, 0.717) is 17.0 Å². The second-order valence-electron chi connectivity index (χ2n) is 5.87. The van der Waals surface area contributed by atoms with Gasteiger partial charge in [0.25, 0.3) is 0 Å². The Balaban J connectivity index is 1.64. The largest absolute Gasteiger partial charge is 0.510 e. The first-order chi connectivity index (χ1) is 12.2. The molecule has 25 heavy (non-hydrogen) atoms. The predicted molar refractivity (Wildman–Crippen MR) is 92.7 cm³/mol. The van der Waals surface area contributed by atoms with E-state index in [9.17, 15) is 10.4 Å². The molecule has 126 valence electrons. The standard InChI is InChI=1S/C16H15N7OS/c1-9(25-16-20-21-22-23(16)10-6-7-10)14(24)11(8-17)15-18-12-4-2-3-5-13(12)19-15/h2-5,9-10,24H,6-7H2,1H3,(H,18,19)/t9-/m0/s1. The number of aromatic nitrogens is 6. The highest BCUT2D eigenvalue weighted by Crippen LogP contribution is 2.38. The number of hydrogen-bond donors (Lipinski definition) is 2. The fourth-order valence-electron chi connectivity index (χ4n) is 2.53. The molecule has 1 aliphatic carbocycles. The van der Waals surface area contributed by atoms with Gasteiger partial charge in [0, 0.05) is 0 Å². The van der Waals surface area contributed by atoms with Gasteiger partial charge in [0.1, 0.15) is 17.4 Å². The number of allylic oxidation sites excluding steroid dienone is 1. The molecule has 4 rings (SSSR count). The Labute approximate surface area is 147 Å². The monoisotopic (exact) mass is 353 g/mol. The maximum atomic E-state index is 10.6. The van der Waals surface area contributed by atoms with Gasteiger partial charge in [-0.15, -0.1) is 5.10 Å². The van der Waals surface area contributed by atoms with Crippen LogP contribution in [0.3, 0.4) is 0 Å². The molecule has 0 unspecified atom stereocenters. The second kappa shape index (κ2) is 6.22. The minimum atomic E-state index is -0.383. The lowest BCUT2D eigenvalue weighted by Gasteiger charge is -2.11. The van der Waals surface area contributed by atoms with Crippen molar-refractivity contribution in [3.8, 4) is 6.07 Å². The average molecular weight is 353 g/mol. The number of tetrazole rings is 1. The average Bonchev–Trinajstić information content (AvgIpc) is 3.20. The van der Waals surface area contributed by atoms with Gasteiger partial charge < -0.3 is 10.1 Å². The van der Waals surface area contributed by atoms with Crippen molar-refractivity contribution in [1.82, 2.24) is 30.2 Å². The first-order valence-corrected chi connectivity index (χ1v) is 8.78. The maximum absolute atomic E-state index is 10.6. The second-order valence-corrected chi connectivity index (χ2v) is 7.18. The van der Waals surface area contributed by atoms with Gasteiger partial charge in [0.2, 0.25) is 5.16 Å². The number of rotatable bonds is 5. The normalized spacial score (nSPS) is 16.5. The van der Waals surface area contributed by atoms with Gasteiger partial charge >= 0.3 is 0 Å². The van der Waals surface area contributed by atoms with Crippen LogP contribution >= 0.6 is 11.8 Å². The summed E-state index contributed by atoms with van der Waals surface area (Å²) >= 11 is 1.32. The van der Waals surface area contributed by atoms with Gasteiger partial charge in [-0.05, 0) is 42.3 Å². The molecule has 1 fully saturated rings. The van der Waals surface area contributed by atoms with Crippen molar-refractivity contribution in [2.75, 3.05) is 0 Å². The van der Waals surface area contributed by atoms with E-state index in [1.807, 2.05) is 31.2 Å². The van der Waals surface area contributed by atoms with Gasteiger partial charge in [-0.25, -0.2) is 9.67 Å². The van der Waals surface area contributed by atoms with Crippen molar-refractivity contribution >= 4 is 28.4 Å². The van der Waals surface area contributed by atoms with Gasteiger partial charge in [-0.1, -0.05) is 23.9 Å². The molecule has 0 bridgehead atoms. The molecule has 9 heteroatoms. The number of aliphatic hydroxyl groups is 1. The Bertz CT molecular complexity index is 962. The van der Waals surface area contributed by atoms with Crippen LogP contribution in [0.25, 0.3) is 16.6 Å². The molecule has 3 aromatic rings. The minimum Gasteiger partial charge on any atom is -0.510 e. The van der Waals surface area contributed by atoms with Gasteiger partial charge in [0.15, 0.2) is 5.82 Å². The Morgan fingerprint density at radius 1 is 1.44 bits per heavy atom. The van der Waals surface area contributed by atoms with Crippen LogP contribution in [0.2, 0.25) is 0 Å². The van der Waals surface area contributed by atoms with Crippen LogP contribution in [-0.4, -0.2) is 40.5 Å². The summed E-state index contributed by atoms with van der Waals surface area (Å²) in [4.78, 5) is 7.46. The minimum absolute atomic E-state index is 0.0445. The van der Waals surface area contributed by atoms with E-state index >= 15 is 0 Å². The van der Waals surface area contributed by atoms with Crippen LogP contribution in [0, 0.1) is 11.3 Å². The summed E-state index contributed by atoms with van der Waals surface area (Å²) in [5, 5.41) is 32.1. The number of thioether (sulfide) groups is 1. The number of aromatic amines is 1.